The van der Waals surface area contributed by atoms with Crippen LogP contribution in [0.3, 0.4) is 0 Å². The Hall–Kier alpha value is -2.33. The van der Waals surface area contributed by atoms with Crippen molar-refractivity contribution in [2.24, 2.45) is 21.1 Å². The summed E-state index contributed by atoms with van der Waals surface area (Å²) in [5.41, 5.74) is 1.66. The van der Waals surface area contributed by atoms with Gasteiger partial charge >= 0.3 is 5.69 Å². The number of imidazole rings is 1. The molecule has 1 N–H and O–H groups in total. The zero-order valence-corrected chi connectivity index (χ0v) is 18.3. The summed E-state index contributed by atoms with van der Waals surface area (Å²) in [6, 6.07) is 5.63. The molecule has 0 saturated carbocycles. The van der Waals surface area contributed by atoms with E-state index in [-0.39, 0.29) is 11.4 Å². The average molecular weight is 466 g/mol. The van der Waals surface area contributed by atoms with Crippen LogP contribution in [0.15, 0.2) is 37.4 Å². The average Bonchev–Trinajstić information content (AvgIpc) is 2.98. The Kier molecular flexibility index (Phi) is 5.80. The van der Waals surface area contributed by atoms with Crippen LogP contribution in [0.25, 0.3) is 11.2 Å². The minimum Gasteiger partial charge on any atom is -0.326 e. The molecular formula is C18H20BrN5O3S. The Labute approximate surface area is 173 Å². The molecule has 148 valence electrons. The van der Waals surface area contributed by atoms with Crippen LogP contribution in [0.4, 0.5) is 5.69 Å². The van der Waals surface area contributed by atoms with Crippen molar-refractivity contribution in [3.63, 3.8) is 0 Å². The summed E-state index contributed by atoms with van der Waals surface area (Å²) in [6.45, 7) is 1.96. The Morgan fingerprint density at radius 2 is 1.89 bits per heavy atom. The predicted molar refractivity (Wildman–Crippen MR) is 114 cm³/mol. The maximum absolute atomic E-state index is 12.3. The van der Waals surface area contributed by atoms with E-state index in [0.717, 1.165) is 20.3 Å². The van der Waals surface area contributed by atoms with Crippen LogP contribution in [0, 0.1) is 6.92 Å². The maximum atomic E-state index is 12.3. The SMILES string of the molecule is Cc1cc(NC(=O)CCSc2nc3c(=O)n(C)c(=O)n(C)c3n2C)ccc1Br. The molecule has 2 aromatic heterocycles. The first-order valence-electron chi connectivity index (χ1n) is 8.52. The van der Waals surface area contributed by atoms with E-state index < -0.39 is 11.2 Å². The third-order valence-corrected chi connectivity index (χ3v) is 6.35. The zero-order valence-electron chi connectivity index (χ0n) is 15.9. The molecule has 0 aliphatic heterocycles. The number of hydrogen-bond acceptors (Lipinski definition) is 5. The maximum Gasteiger partial charge on any atom is 0.332 e. The molecule has 28 heavy (non-hydrogen) atoms. The fourth-order valence-electron chi connectivity index (χ4n) is 2.87. The molecule has 3 aromatic rings. The number of amides is 1. The number of fused-ring (bicyclic) bond motifs is 1. The molecule has 0 spiro atoms. The van der Waals surface area contributed by atoms with E-state index >= 15 is 0 Å². The minimum absolute atomic E-state index is 0.101. The van der Waals surface area contributed by atoms with Gasteiger partial charge in [0.05, 0.1) is 0 Å². The number of benzene rings is 1. The van der Waals surface area contributed by atoms with Gasteiger partial charge in [-0.2, -0.15) is 0 Å². The fraction of sp³-hybridized carbons (Fsp3) is 0.333. The number of halogens is 1. The van der Waals surface area contributed by atoms with Gasteiger partial charge in [-0.25, -0.2) is 9.78 Å². The Morgan fingerprint density at radius 1 is 1.18 bits per heavy atom. The monoisotopic (exact) mass is 465 g/mol. The van der Waals surface area contributed by atoms with Crippen molar-refractivity contribution in [1.29, 1.82) is 0 Å². The van der Waals surface area contributed by atoms with Gasteiger partial charge in [-0.05, 0) is 30.7 Å². The summed E-state index contributed by atoms with van der Waals surface area (Å²) >= 11 is 4.80. The summed E-state index contributed by atoms with van der Waals surface area (Å²) < 4.78 is 5.13. The van der Waals surface area contributed by atoms with Gasteiger partial charge in [0, 0.05) is 43.5 Å². The molecule has 0 radical (unpaired) electrons. The van der Waals surface area contributed by atoms with Crippen molar-refractivity contribution in [1.82, 2.24) is 18.7 Å². The second kappa shape index (κ2) is 7.96. The molecule has 3 rings (SSSR count). The van der Waals surface area contributed by atoms with Gasteiger partial charge in [0.25, 0.3) is 5.56 Å². The van der Waals surface area contributed by atoms with Crippen molar-refractivity contribution >= 4 is 50.5 Å². The molecule has 0 atom stereocenters. The van der Waals surface area contributed by atoms with Crippen LogP contribution in [-0.2, 0) is 25.9 Å². The van der Waals surface area contributed by atoms with Crippen molar-refractivity contribution < 1.29 is 4.79 Å². The van der Waals surface area contributed by atoms with Gasteiger partial charge in [-0.1, -0.05) is 27.7 Å². The first-order valence-corrected chi connectivity index (χ1v) is 10.3. The van der Waals surface area contributed by atoms with Crippen LogP contribution in [0.1, 0.15) is 12.0 Å². The van der Waals surface area contributed by atoms with E-state index in [1.807, 2.05) is 25.1 Å². The normalized spacial score (nSPS) is 11.2. The van der Waals surface area contributed by atoms with E-state index in [4.69, 9.17) is 0 Å². The number of aryl methyl sites for hydroxylation is 3. The molecule has 0 aliphatic rings. The minimum atomic E-state index is -0.427. The van der Waals surface area contributed by atoms with Gasteiger partial charge in [-0.3, -0.25) is 18.7 Å². The summed E-state index contributed by atoms with van der Waals surface area (Å²) in [5.74, 6) is 0.392. The van der Waals surface area contributed by atoms with Gasteiger partial charge in [0.2, 0.25) is 5.91 Å². The molecule has 8 nitrogen and oxygen atoms in total. The summed E-state index contributed by atoms with van der Waals surface area (Å²) in [7, 11) is 4.79. The highest BCUT2D eigenvalue weighted by atomic mass is 79.9. The zero-order chi connectivity index (χ0) is 20.6. The van der Waals surface area contributed by atoms with E-state index in [1.54, 1.807) is 18.7 Å². The summed E-state index contributed by atoms with van der Waals surface area (Å²) in [6.07, 6.45) is 0.292. The number of nitrogens with zero attached hydrogens (tertiary/aromatic N) is 4. The highest BCUT2D eigenvalue weighted by molar-refractivity contribution is 9.10. The standard InChI is InChI=1S/C18H20BrN5O3S/c1-10-9-11(5-6-12(10)19)20-13(25)7-8-28-17-21-14-15(22(17)2)23(3)18(27)24(4)16(14)26/h5-6,9H,7-8H2,1-4H3,(H,20,25). The Bertz CT molecular complexity index is 1190. The number of anilines is 1. The highest BCUT2D eigenvalue weighted by Gasteiger charge is 2.17. The molecule has 1 amide bonds. The van der Waals surface area contributed by atoms with Gasteiger partial charge < -0.3 is 9.88 Å². The van der Waals surface area contributed by atoms with E-state index in [2.05, 4.69) is 26.2 Å². The fourth-order valence-corrected chi connectivity index (χ4v) is 4.02. The molecule has 1 aromatic carbocycles. The number of carbonyl (C=O) groups excluding carboxylic acids is 1. The van der Waals surface area contributed by atoms with Gasteiger partial charge in [-0.15, -0.1) is 0 Å². The number of thioether (sulfide) groups is 1. The number of rotatable bonds is 5. The van der Waals surface area contributed by atoms with Crippen molar-refractivity contribution in [2.45, 2.75) is 18.5 Å². The lowest BCUT2D eigenvalue weighted by atomic mass is 10.2. The lowest BCUT2D eigenvalue weighted by Crippen LogP contribution is -2.37. The van der Waals surface area contributed by atoms with Crippen LogP contribution in [-0.4, -0.2) is 30.3 Å². The predicted octanol–water partition coefficient (Wildman–Crippen LogP) is 2.16. The molecule has 0 unspecified atom stereocenters. The third-order valence-electron chi connectivity index (χ3n) is 4.42. The molecule has 0 saturated heterocycles. The second-order valence-corrected chi connectivity index (χ2v) is 8.36. The van der Waals surface area contributed by atoms with Gasteiger partial charge in [0.1, 0.15) is 0 Å². The lowest BCUT2D eigenvalue weighted by molar-refractivity contribution is -0.115. The Balaban J connectivity index is 1.71. The van der Waals surface area contributed by atoms with Crippen LogP contribution < -0.4 is 16.6 Å². The number of carbonyl (C=O) groups is 1. The topological polar surface area (TPSA) is 90.9 Å². The smallest absolute Gasteiger partial charge is 0.326 e. The molecule has 0 aliphatic carbocycles. The highest BCUT2D eigenvalue weighted by Crippen LogP contribution is 2.22. The van der Waals surface area contributed by atoms with Crippen molar-refractivity contribution in [3.05, 3.63) is 49.1 Å². The number of hydrogen-bond donors (Lipinski definition) is 1. The number of aromatic nitrogens is 4. The molecule has 2 heterocycles. The van der Waals surface area contributed by atoms with Crippen LogP contribution in [0.2, 0.25) is 0 Å². The van der Waals surface area contributed by atoms with Crippen molar-refractivity contribution in [2.75, 3.05) is 11.1 Å². The summed E-state index contributed by atoms with van der Waals surface area (Å²) in [5, 5.41) is 3.46. The Morgan fingerprint density at radius 3 is 2.57 bits per heavy atom. The molecular weight excluding hydrogens is 446 g/mol. The number of nitrogens with one attached hydrogen (secondary N) is 1. The van der Waals surface area contributed by atoms with Crippen LogP contribution >= 0.6 is 27.7 Å². The molecule has 0 bridgehead atoms. The van der Waals surface area contributed by atoms with E-state index in [9.17, 15) is 14.4 Å². The van der Waals surface area contributed by atoms with E-state index in [1.165, 1.54) is 23.4 Å². The molecule has 10 heteroatoms. The van der Waals surface area contributed by atoms with Crippen LogP contribution in [0.5, 0.6) is 0 Å². The quantitative estimate of drug-likeness (QED) is 0.582. The largest absolute Gasteiger partial charge is 0.332 e. The van der Waals surface area contributed by atoms with E-state index in [0.29, 0.717) is 23.0 Å². The third kappa shape index (κ3) is 3.79. The van der Waals surface area contributed by atoms with Gasteiger partial charge in [0.15, 0.2) is 16.3 Å². The van der Waals surface area contributed by atoms with Crippen molar-refractivity contribution in [3.8, 4) is 0 Å². The lowest BCUT2D eigenvalue weighted by Gasteiger charge is -2.07. The first-order chi connectivity index (χ1) is 13.2. The molecule has 0 fully saturated rings. The summed E-state index contributed by atoms with van der Waals surface area (Å²) in [4.78, 5) is 41.0. The first kappa shape index (κ1) is 20.4. The second-order valence-electron chi connectivity index (χ2n) is 6.44.